The van der Waals surface area contributed by atoms with Crippen LogP contribution in [0.5, 0.6) is 5.75 Å². The average molecular weight is 267 g/mol. The lowest BCUT2D eigenvalue weighted by atomic mass is 10.1. The van der Waals surface area contributed by atoms with Crippen LogP contribution in [0.4, 0.5) is 13.2 Å². The average Bonchev–Trinajstić information content (AvgIpc) is 2.28. The van der Waals surface area contributed by atoms with Gasteiger partial charge in [-0.3, -0.25) is 0 Å². The van der Waals surface area contributed by atoms with Gasteiger partial charge in [-0.25, -0.2) is 0 Å². The molecule has 0 saturated carbocycles. The summed E-state index contributed by atoms with van der Waals surface area (Å²) in [6.07, 6.45) is -3.36. The van der Waals surface area contributed by atoms with Crippen LogP contribution in [0.15, 0.2) is 24.3 Å². The normalized spacial score (nSPS) is 13.5. The van der Waals surface area contributed by atoms with Gasteiger partial charge >= 0.3 is 6.18 Å². The number of methoxy groups -OCH3 is 1. The highest BCUT2D eigenvalue weighted by Gasteiger charge is 2.37. The van der Waals surface area contributed by atoms with E-state index in [1.165, 1.54) is 0 Å². The van der Waals surface area contributed by atoms with Crippen molar-refractivity contribution in [2.75, 3.05) is 7.11 Å². The molecular weight excluding hydrogens is 253 g/mol. The third kappa shape index (κ3) is 4.86. The van der Waals surface area contributed by atoms with E-state index in [1.807, 2.05) is 12.1 Å². The van der Waals surface area contributed by atoms with Crippen LogP contribution < -0.4 is 4.74 Å². The second kappa shape index (κ2) is 6.15. The summed E-state index contributed by atoms with van der Waals surface area (Å²) in [5, 5.41) is -1.75. The topological polar surface area (TPSA) is 9.23 Å². The number of alkyl halides is 4. The summed E-state index contributed by atoms with van der Waals surface area (Å²) < 4.78 is 41.4. The number of aryl methyl sites for hydroxylation is 1. The lowest BCUT2D eigenvalue weighted by molar-refractivity contribution is -0.131. The van der Waals surface area contributed by atoms with E-state index in [1.54, 1.807) is 19.2 Å². The number of hydrogen-bond acceptors (Lipinski definition) is 1. The molecule has 0 fully saturated rings. The largest absolute Gasteiger partial charge is 0.497 e. The number of benzene rings is 1. The lowest BCUT2D eigenvalue weighted by Crippen LogP contribution is -2.23. The van der Waals surface area contributed by atoms with Gasteiger partial charge in [-0.05, 0) is 37.0 Å². The number of rotatable bonds is 5. The molecule has 17 heavy (non-hydrogen) atoms. The van der Waals surface area contributed by atoms with Crippen LogP contribution in [0.2, 0.25) is 0 Å². The van der Waals surface area contributed by atoms with Gasteiger partial charge < -0.3 is 4.74 Å². The van der Waals surface area contributed by atoms with Gasteiger partial charge in [0.1, 0.15) is 11.1 Å². The molecule has 0 amide bonds. The van der Waals surface area contributed by atoms with Crippen LogP contribution in [0.3, 0.4) is 0 Å². The van der Waals surface area contributed by atoms with Crippen molar-refractivity contribution in [2.24, 2.45) is 0 Å². The predicted molar refractivity (Wildman–Crippen MR) is 61.6 cm³/mol. The molecule has 1 atom stereocenters. The first kappa shape index (κ1) is 14.2. The van der Waals surface area contributed by atoms with Gasteiger partial charge in [0.15, 0.2) is 0 Å². The molecule has 0 saturated heterocycles. The van der Waals surface area contributed by atoms with E-state index in [0.29, 0.717) is 12.8 Å². The maximum Gasteiger partial charge on any atom is 0.404 e. The third-order valence-electron chi connectivity index (χ3n) is 2.44. The number of halogens is 4. The van der Waals surface area contributed by atoms with E-state index < -0.39 is 11.6 Å². The molecule has 1 rings (SSSR count). The summed E-state index contributed by atoms with van der Waals surface area (Å²) >= 11 is 5.23. The molecule has 0 aliphatic carbocycles. The van der Waals surface area contributed by atoms with Gasteiger partial charge in [-0.15, -0.1) is 11.6 Å². The van der Waals surface area contributed by atoms with E-state index in [0.717, 1.165) is 11.3 Å². The fourth-order valence-corrected chi connectivity index (χ4v) is 1.60. The molecule has 0 aliphatic rings. The summed E-state index contributed by atoms with van der Waals surface area (Å²) in [7, 11) is 1.57. The zero-order valence-electron chi connectivity index (χ0n) is 9.43. The first-order valence-electron chi connectivity index (χ1n) is 5.27. The highest BCUT2D eigenvalue weighted by atomic mass is 35.5. The predicted octanol–water partition coefficient (Wildman–Crippen LogP) is 4.19. The molecule has 1 unspecified atom stereocenters. The van der Waals surface area contributed by atoms with Crippen LogP contribution in [-0.4, -0.2) is 18.7 Å². The Kier molecular flexibility index (Phi) is 5.12. The fraction of sp³-hybridized carbons (Fsp3) is 0.500. The summed E-state index contributed by atoms with van der Waals surface area (Å²) in [5.41, 5.74) is 0.983. The van der Waals surface area contributed by atoms with Crippen LogP contribution in [0.25, 0.3) is 0 Å². The van der Waals surface area contributed by atoms with Crippen molar-refractivity contribution in [1.29, 1.82) is 0 Å². The van der Waals surface area contributed by atoms with Crippen LogP contribution in [0.1, 0.15) is 18.4 Å². The van der Waals surface area contributed by atoms with Gasteiger partial charge in [0, 0.05) is 0 Å². The van der Waals surface area contributed by atoms with Crippen LogP contribution in [0, 0.1) is 0 Å². The maximum absolute atomic E-state index is 12.1. The molecule has 5 heteroatoms. The Bertz CT molecular complexity index is 335. The smallest absolute Gasteiger partial charge is 0.404 e. The molecule has 0 aliphatic heterocycles. The van der Waals surface area contributed by atoms with Crippen molar-refractivity contribution in [2.45, 2.75) is 30.8 Å². The minimum absolute atomic E-state index is 0.0584. The quantitative estimate of drug-likeness (QED) is 0.726. The molecule has 0 radical (unpaired) electrons. The molecule has 0 heterocycles. The van der Waals surface area contributed by atoms with Crippen molar-refractivity contribution in [3.63, 3.8) is 0 Å². The summed E-state index contributed by atoms with van der Waals surface area (Å²) in [5.74, 6) is 0.735. The molecular formula is C12H14ClF3O. The second-order valence-corrected chi connectivity index (χ2v) is 4.28. The number of hydrogen-bond donors (Lipinski definition) is 0. The molecule has 1 nitrogen and oxygen atoms in total. The maximum atomic E-state index is 12.1. The second-order valence-electron chi connectivity index (χ2n) is 3.75. The van der Waals surface area contributed by atoms with E-state index in [-0.39, 0.29) is 6.42 Å². The van der Waals surface area contributed by atoms with E-state index in [2.05, 4.69) is 0 Å². The van der Waals surface area contributed by atoms with Gasteiger partial charge in [0.2, 0.25) is 0 Å². The Morgan fingerprint density at radius 1 is 1.24 bits per heavy atom. The Morgan fingerprint density at radius 3 is 2.29 bits per heavy atom. The van der Waals surface area contributed by atoms with Gasteiger partial charge in [-0.1, -0.05) is 12.1 Å². The minimum Gasteiger partial charge on any atom is -0.497 e. The molecule has 0 N–H and O–H groups in total. The fourth-order valence-electron chi connectivity index (χ4n) is 1.44. The monoisotopic (exact) mass is 266 g/mol. The van der Waals surface area contributed by atoms with Gasteiger partial charge in [0.25, 0.3) is 0 Å². The third-order valence-corrected chi connectivity index (χ3v) is 2.90. The molecule has 0 spiro atoms. The summed E-state index contributed by atoms with van der Waals surface area (Å²) in [6, 6.07) is 7.26. The van der Waals surface area contributed by atoms with Crippen molar-refractivity contribution < 1.29 is 17.9 Å². The molecule has 96 valence electrons. The molecule has 0 aromatic heterocycles. The summed E-state index contributed by atoms with van der Waals surface area (Å²) in [4.78, 5) is 0. The molecule has 1 aromatic carbocycles. The van der Waals surface area contributed by atoms with Crippen molar-refractivity contribution in [3.05, 3.63) is 29.8 Å². The summed E-state index contributed by atoms with van der Waals surface area (Å²) in [6.45, 7) is 0. The zero-order valence-corrected chi connectivity index (χ0v) is 10.2. The Hall–Kier alpha value is -0.900. The van der Waals surface area contributed by atoms with Crippen molar-refractivity contribution in [1.82, 2.24) is 0 Å². The first-order chi connectivity index (χ1) is 7.93. The van der Waals surface area contributed by atoms with E-state index in [9.17, 15) is 13.2 Å². The SMILES string of the molecule is COc1ccc(CCCC(Cl)C(F)(F)F)cc1. The highest BCUT2D eigenvalue weighted by molar-refractivity contribution is 6.21. The Morgan fingerprint density at radius 2 is 1.82 bits per heavy atom. The molecule has 0 bridgehead atoms. The van der Waals surface area contributed by atoms with Crippen LogP contribution >= 0.6 is 11.6 Å². The zero-order chi connectivity index (χ0) is 12.9. The minimum atomic E-state index is -4.30. The van der Waals surface area contributed by atoms with E-state index in [4.69, 9.17) is 16.3 Å². The van der Waals surface area contributed by atoms with Crippen molar-refractivity contribution >= 4 is 11.6 Å². The van der Waals surface area contributed by atoms with Gasteiger partial charge in [0.05, 0.1) is 7.11 Å². The molecule has 1 aromatic rings. The Labute approximate surface area is 104 Å². The highest BCUT2D eigenvalue weighted by Crippen LogP contribution is 2.28. The van der Waals surface area contributed by atoms with Crippen LogP contribution in [-0.2, 0) is 6.42 Å². The number of ether oxygens (including phenoxy) is 1. The van der Waals surface area contributed by atoms with Crippen molar-refractivity contribution in [3.8, 4) is 5.75 Å². The standard InChI is InChI=1S/C12H14ClF3O/c1-17-10-7-5-9(6-8-10)3-2-4-11(13)12(14,15)16/h5-8,11H,2-4H2,1H3. The van der Waals surface area contributed by atoms with E-state index >= 15 is 0 Å². The lowest BCUT2D eigenvalue weighted by Gasteiger charge is -2.13. The first-order valence-corrected chi connectivity index (χ1v) is 5.71. The Balaban J connectivity index is 2.35. The van der Waals surface area contributed by atoms with Gasteiger partial charge in [-0.2, -0.15) is 13.2 Å².